The first-order valence-electron chi connectivity index (χ1n) is 6.15. The number of rotatable bonds is 4. The Labute approximate surface area is 95.4 Å². The minimum absolute atomic E-state index is 0.0362. The van der Waals surface area contributed by atoms with Crippen LogP contribution in [0.15, 0.2) is 0 Å². The fraction of sp³-hybridized carbons (Fsp3) is 0.833. The number of aliphatic carboxylic acids is 1. The molecule has 2 saturated carbocycles. The maximum atomic E-state index is 11.9. The molecule has 0 saturated heterocycles. The van der Waals surface area contributed by atoms with E-state index in [-0.39, 0.29) is 11.8 Å². The molecule has 2 N–H and O–H groups in total. The Bertz CT molecular complexity index is 299. The maximum absolute atomic E-state index is 11.9. The molecule has 0 aromatic rings. The number of amides is 1. The minimum Gasteiger partial charge on any atom is -0.481 e. The molecule has 0 bridgehead atoms. The van der Waals surface area contributed by atoms with E-state index >= 15 is 0 Å². The van der Waals surface area contributed by atoms with Crippen molar-refractivity contribution >= 4 is 11.9 Å². The van der Waals surface area contributed by atoms with E-state index in [1.807, 2.05) is 0 Å². The molecule has 16 heavy (non-hydrogen) atoms. The van der Waals surface area contributed by atoms with Crippen molar-refractivity contribution in [3.8, 4) is 0 Å². The topological polar surface area (TPSA) is 66.4 Å². The normalized spacial score (nSPS) is 33.7. The van der Waals surface area contributed by atoms with Gasteiger partial charge in [-0.05, 0) is 31.6 Å². The lowest BCUT2D eigenvalue weighted by Crippen LogP contribution is -2.36. The Kier molecular flexibility index (Phi) is 3.17. The molecule has 90 valence electrons. The molecule has 0 aliphatic heterocycles. The quantitative estimate of drug-likeness (QED) is 0.760. The Balaban J connectivity index is 1.98. The van der Waals surface area contributed by atoms with Crippen molar-refractivity contribution in [2.75, 3.05) is 0 Å². The summed E-state index contributed by atoms with van der Waals surface area (Å²) in [5.41, 5.74) is 0. The molecule has 0 spiro atoms. The van der Waals surface area contributed by atoms with Crippen LogP contribution in [-0.4, -0.2) is 23.0 Å². The number of hydrogen-bond donors (Lipinski definition) is 2. The first-order valence-corrected chi connectivity index (χ1v) is 6.15. The third-order valence-electron chi connectivity index (χ3n) is 3.82. The van der Waals surface area contributed by atoms with Crippen molar-refractivity contribution in [3.63, 3.8) is 0 Å². The van der Waals surface area contributed by atoms with E-state index in [0.717, 1.165) is 25.7 Å². The van der Waals surface area contributed by atoms with Crippen LogP contribution in [0.25, 0.3) is 0 Å². The number of nitrogens with one attached hydrogen (secondary N) is 1. The third-order valence-corrected chi connectivity index (χ3v) is 3.82. The predicted octanol–water partition coefficient (Wildman–Crippen LogP) is 1.40. The zero-order valence-corrected chi connectivity index (χ0v) is 9.61. The first-order chi connectivity index (χ1) is 7.61. The van der Waals surface area contributed by atoms with Crippen LogP contribution < -0.4 is 5.32 Å². The van der Waals surface area contributed by atoms with Gasteiger partial charge in [0.25, 0.3) is 0 Å². The second-order valence-corrected chi connectivity index (χ2v) is 5.08. The third kappa shape index (κ3) is 2.36. The van der Waals surface area contributed by atoms with Crippen molar-refractivity contribution in [1.29, 1.82) is 0 Å². The van der Waals surface area contributed by atoms with Crippen LogP contribution in [0.2, 0.25) is 0 Å². The lowest BCUT2D eigenvalue weighted by atomic mass is 9.95. The zero-order valence-electron chi connectivity index (χ0n) is 9.61. The highest BCUT2D eigenvalue weighted by molar-refractivity contribution is 5.85. The molecule has 2 fully saturated rings. The summed E-state index contributed by atoms with van der Waals surface area (Å²) in [5, 5.41) is 12.0. The van der Waals surface area contributed by atoms with Gasteiger partial charge < -0.3 is 10.4 Å². The van der Waals surface area contributed by atoms with Gasteiger partial charge in [-0.25, -0.2) is 0 Å². The fourth-order valence-corrected chi connectivity index (χ4v) is 2.57. The summed E-state index contributed by atoms with van der Waals surface area (Å²) in [7, 11) is 0. The van der Waals surface area contributed by atoms with E-state index in [0.29, 0.717) is 18.4 Å². The first kappa shape index (κ1) is 11.4. The van der Waals surface area contributed by atoms with Crippen molar-refractivity contribution < 1.29 is 14.7 Å². The van der Waals surface area contributed by atoms with Gasteiger partial charge in [-0.3, -0.25) is 9.59 Å². The summed E-state index contributed by atoms with van der Waals surface area (Å²) >= 11 is 0. The summed E-state index contributed by atoms with van der Waals surface area (Å²) in [4.78, 5) is 23.0. The highest BCUT2D eigenvalue weighted by atomic mass is 16.4. The Morgan fingerprint density at radius 3 is 2.38 bits per heavy atom. The van der Waals surface area contributed by atoms with Gasteiger partial charge in [-0.1, -0.05) is 13.3 Å². The number of carbonyl (C=O) groups is 2. The molecule has 3 unspecified atom stereocenters. The Hall–Kier alpha value is -1.06. The molecular formula is C12H19NO3. The van der Waals surface area contributed by atoms with Crippen LogP contribution in [0.3, 0.4) is 0 Å². The van der Waals surface area contributed by atoms with E-state index < -0.39 is 11.9 Å². The van der Waals surface area contributed by atoms with Crippen LogP contribution in [-0.2, 0) is 9.59 Å². The lowest BCUT2D eigenvalue weighted by Gasteiger charge is -2.14. The van der Waals surface area contributed by atoms with E-state index in [9.17, 15) is 9.59 Å². The smallest absolute Gasteiger partial charge is 0.307 e. The van der Waals surface area contributed by atoms with Gasteiger partial charge >= 0.3 is 5.97 Å². The summed E-state index contributed by atoms with van der Waals surface area (Å²) in [6.07, 6.45) is 4.47. The van der Waals surface area contributed by atoms with Crippen LogP contribution >= 0.6 is 0 Å². The minimum atomic E-state index is -0.813. The van der Waals surface area contributed by atoms with Crippen molar-refractivity contribution in [2.45, 2.75) is 45.1 Å². The molecule has 1 amide bonds. The van der Waals surface area contributed by atoms with Gasteiger partial charge in [-0.15, -0.1) is 0 Å². The molecule has 3 atom stereocenters. The molecule has 2 aliphatic carbocycles. The molecule has 0 aromatic carbocycles. The average Bonchev–Trinajstić information content (AvgIpc) is 2.94. The van der Waals surface area contributed by atoms with Crippen molar-refractivity contribution in [1.82, 2.24) is 5.32 Å². The molecule has 0 radical (unpaired) electrons. The van der Waals surface area contributed by atoms with E-state index in [1.165, 1.54) is 0 Å². The second kappa shape index (κ2) is 4.44. The second-order valence-electron chi connectivity index (χ2n) is 5.08. The van der Waals surface area contributed by atoms with Gasteiger partial charge in [0.2, 0.25) is 5.91 Å². The molecule has 4 heteroatoms. The summed E-state index contributed by atoms with van der Waals surface area (Å²) in [6.45, 7) is 2.06. The van der Waals surface area contributed by atoms with Gasteiger partial charge in [-0.2, -0.15) is 0 Å². The molecule has 2 rings (SSSR count). The molecule has 0 aromatic heterocycles. The van der Waals surface area contributed by atoms with Gasteiger partial charge in [0.15, 0.2) is 0 Å². The van der Waals surface area contributed by atoms with Crippen LogP contribution in [0, 0.1) is 17.8 Å². The number of carboxylic acid groups (broad SMARTS) is 1. The van der Waals surface area contributed by atoms with Gasteiger partial charge in [0.05, 0.1) is 11.8 Å². The van der Waals surface area contributed by atoms with Gasteiger partial charge in [0.1, 0.15) is 0 Å². The van der Waals surface area contributed by atoms with Crippen molar-refractivity contribution in [2.24, 2.45) is 17.8 Å². The molecule has 0 heterocycles. The number of carbonyl (C=O) groups excluding carboxylic acids is 1. The van der Waals surface area contributed by atoms with Crippen LogP contribution in [0.1, 0.15) is 39.0 Å². The number of carboxylic acids is 1. The SMILES string of the molecule is CCC1CC(C(=O)O)C(C(=O)NC2CC2)C1. The van der Waals surface area contributed by atoms with Crippen molar-refractivity contribution in [3.05, 3.63) is 0 Å². The molecular weight excluding hydrogens is 206 g/mol. The predicted molar refractivity (Wildman–Crippen MR) is 58.8 cm³/mol. The lowest BCUT2D eigenvalue weighted by molar-refractivity contribution is -0.146. The number of hydrogen-bond acceptors (Lipinski definition) is 2. The summed E-state index contributed by atoms with van der Waals surface area (Å²) in [6, 6.07) is 0.322. The standard InChI is InChI=1S/C12H19NO3/c1-2-7-5-9(10(6-7)12(15)16)11(14)13-8-3-4-8/h7-10H,2-6H2,1H3,(H,13,14)(H,15,16). The van der Waals surface area contributed by atoms with E-state index in [1.54, 1.807) is 0 Å². The highest BCUT2D eigenvalue weighted by Gasteiger charge is 2.43. The monoisotopic (exact) mass is 225 g/mol. The zero-order chi connectivity index (χ0) is 11.7. The molecule has 4 nitrogen and oxygen atoms in total. The van der Waals surface area contributed by atoms with E-state index in [4.69, 9.17) is 5.11 Å². The summed E-state index contributed by atoms with van der Waals surface area (Å²) < 4.78 is 0. The Morgan fingerprint density at radius 1 is 1.25 bits per heavy atom. The fourth-order valence-electron chi connectivity index (χ4n) is 2.57. The Morgan fingerprint density at radius 2 is 1.88 bits per heavy atom. The largest absolute Gasteiger partial charge is 0.481 e. The summed E-state index contributed by atoms with van der Waals surface area (Å²) in [5.74, 6) is -1.22. The molecule has 2 aliphatic rings. The highest BCUT2D eigenvalue weighted by Crippen LogP contribution is 2.38. The van der Waals surface area contributed by atoms with Crippen LogP contribution in [0.5, 0.6) is 0 Å². The maximum Gasteiger partial charge on any atom is 0.307 e. The van der Waals surface area contributed by atoms with Crippen LogP contribution in [0.4, 0.5) is 0 Å². The van der Waals surface area contributed by atoms with Gasteiger partial charge in [0, 0.05) is 6.04 Å². The van der Waals surface area contributed by atoms with E-state index in [2.05, 4.69) is 12.2 Å². The average molecular weight is 225 g/mol.